The number of halogens is 1. The van der Waals surface area contributed by atoms with Gasteiger partial charge in [-0.2, -0.15) is 4.98 Å². The molecule has 2 rings (SSSR count). The second-order valence-corrected chi connectivity index (χ2v) is 4.74. The molecule has 0 bridgehead atoms. The molecule has 0 aliphatic carbocycles. The molecule has 1 aromatic heterocycles. The topological polar surface area (TPSA) is 56.3 Å². The van der Waals surface area contributed by atoms with Gasteiger partial charge in [0.05, 0.1) is 5.56 Å². The van der Waals surface area contributed by atoms with E-state index in [1.165, 1.54) is 0 Å². The number of rotatable bonds is 6. The van der Waals surface area contributed by atoms with Crippen LogP contribution < -0.4 is 5.32 Å². The van der Waals surface area contributed by atoms with E-state index in [0.717, 1.165) is 5.69 Å². The summed E-state index contributed by atoms with van der Waals surface area (Å²) in [6.07, 6.45) is 0.994. The molecule has 1 N–H and O–H groups in total. The smallest absolute Gasteiger partial charge is 0.224 e. The third kappa shape index (κ3) is 5.53. The van der Waals surface area contributed by atoms with Gasteiger partial charge in [-0.05, 0) is 43.5 Å². The monoisotopic (exact) mass is 331 g/mol. The fraction of sp³-hybridized carbons (Fsp3) is 0.294. The summed E-state index contributed by atoms with van der Waals surface area (Å²) >= 11 is 5.89. The summed E-state index contributed by atoms with van der Waals surface area (Å²) in [5.74, 6) is 6.45. The first-order valence-electron chi connectivity index (χ1n) is 7.32. The third-order valence-corrected chi connectivity index (χ3v) is 2.94. The van der Waals surface area contributed by atoms with Gasteiger partial charge in [0.25, 0.3) is 0 Å². The Kier molecular flexibility index (Phi) is 6.82. The van der Waals surface area contributed by atoms with Gasteiger partial charge < -0.3 is 14.8 Å². The minimum Gasteiger partial charge on any atom is -0.342 e. The lowest BCUT2D eigenvalue weighted by atomic mass is 10.2. The first-order chi connectivity index (χ1) is 11.2. The van der Waals surface area contributed by atoms with E-state index in [4.69, 9.17) is 21.1 Å². The lowest BCUT2D eigenvalue weighted by Crippen LogP contribution is -2.14. The number of benzene rings is 1. The van der Waals surface area contributed by atoms with Crippen LogP contribution in [-0.4, -0.2) is 29.5 Å². The number of hydrogen-bond donors (Lipinski definition) is 1. The summed E-state index contributed by atoms with van der Waals surface area (Å²) in [5, 5.41) is 3.33. The Labute approximate surface area is 141 Å². The van der Waals surface area contributed by atoms with Crippen molar-refractivity contribution in [1.82, 2.24) is 9.97 Å². The first kappa shape index (κ1) is 17.2. The van der Waals surface area contributed by atoms with E-state index in [1.807, 2.05) is 44.2 Å². The Morgan fingerprint density at radius 1 is 1.17 bits per heavy atom. The number of hydrogen-bond acceptors (Lipinski definition) is 5. The molecular weight excluding hydrogens is 314 g/mol. The van der Waals surface area contributed by atoms with E-state index >= 15 is 0 Å². The molecule has 0 saturated carbocycles. The summed E-state index contributed by atoms with van der Waals surface area (Å²) in [6, 6.07) is 9.65. The van der Waals surface area contributed by atoms with E-state index in [9.17, 15) is 0 Å². The molecule has 0 saturated heterocycles. The van der Waals surface area contributed by atoms with Crippen molar-refractivity contribution >= 4 is 23.1 Å². The zero-order valence-electron chi connectivity index (χ0n) is 13.0. The average molecular weight is 332 g/mol. The number of anilines is 2. The standard InChI is InChI=1S/C17H18ClN3O2/c1-3-22-15(23-4-2)11-10-13-12-19-17(18)21-16(13)20-14-8-6-5-7-9-14/h5-9,12,15H,3-4H2,1-2H3,(H,19,20,21). The van der Waals surface area contributed by atoms with Gasteiger partial charge >= 0.3 is 0 Å². The quantitative estimate of drug-likeness (QED) is 0.497. The summed E-state index contributed by atoms with van der Waals surface area (Å²) in [5.41, 5.74) is 1.50. The van der Waals surface area contributed by atoms with Gasteiger partial charge in [0.15, 0.2) is 5.82 Å². The van der Waals surface area contributed by atoms with Crippen molar-refractivity contribution in [3.8, 4) is 11.8 Å². The molecule has 6 heteroatoms. The van der Waals surface area contributed by atoms with Gasteiger partial charge in [0.2, 0.25) is 11.6 Å². The highest BCUT2D eigenvalue weighted by atomic mass is 35.5. The number of aromatic nitrogens is 2. The van der Waals surface area contributed by atoms with Gasteiger partial charge in [0.1, 0.15) is 0 Å². The van der Waals surface area contributed by atoms with Crippen LogP contribution in [0.4, 0.5) is 11.5 Å². The molecular formula is C17H18ClN3O2. The predicted molar refractivity (Wildman–Crippen MR) is 90.7 cm³/mol. The molecule has 0 atom stereocenters. The normalized spacial score (nSPS) is 10.3. The average Bonchev–Trinajstić information content (AvgIpc) is 2.55. The van der Waals surface area contributed by atoms with Gasteiger partial charge in [-0.1, -0.05) is 24.1 Å². The molecule has 0 amide bonds. The van der Waals surface area contributed by atoms with Crippen molar-refractivity contribution < 1.29 is 9.47 Å². The molecule has 2 aromatic rings. The number of nitrogens with one attached hydrogen (secondary N) is 1. The fourth-order valence-electron chi connectivity index (χ4n) is 1.78. The maximum Gasteiger partial charge on any atom is 0.224 e. The molecule has 0 radical (unpaired) electrons. The SMILES string of the molecule is CCOC(C#Cc1cnc(Cl)nc1Nc1ccccc1)OCC. The van der Waals surface area contributed by atoms with Crippen LogP contribution in [0.15, 0.2) is 36.5 Å². The molecule has 5 nitrogen and oxygen atoms in total. The molecule has 23 heavy (non-hydrogen) atoms. The Balaban J connectivity index is 2.25. The van der Waals surface area contributed by atoms with Crippen LogP contribution in [0.1, 0.15) is 19.4 Å². The number of ether oxygens (including phenoxy) is 2. The maximum atomic E-state index is 5.89. The van der Waals surface area contributed by atoms with Crippen LogP contribution in [0.5, 0.6) is 0 Å². The summed E-state index contributed by atoms with van der Waals surface area (Å²) in [6.45, 7) is 4.82. The van der Waals surface area contributed by atoms with Gasteiger partial charge in [-0.25, -0.2) is 4.98 Å². The molecule has 0 fully saturated rings. The van der Waals surface area contributed by atoms with Crippen LogP contribution in [0.2, 0.25) is 5.28 Å². The highest BCUT2D eigenvalue weighted by Crippen LogP contribution is 2.19. The lowest BCUT2D eigenvalue weighted by Gasteiger charge is -2.10. The minimum atomic E-state index is -0.578. The van der Waals surface area contributed by atoms with E-state index in [1.54, 1.807) is 6.20 Å². The Hall–Kier alpha value is -2.13. The van der Waals surface area contributed by atoms with E-state index < -0.39 is 6.29 Å². The molecule has 1 heterocycles. The molecule has 0 unspecified atom stereocenters. The van der Waals surface area contributed by atoms with Crippen molar-refractivity contribution in [2.24, 2.45) is 0 Å². The van der Waals surface area contributed by atoms with E-state index in [2.05, 4.69) is 27.1 Å². The minimum absolute atomic E-state index is 0.153. The molecule has 0 aliphatic rings. The van der Waals surface area contributed by atoms with E-state index in [-0.39, 0.29) is 5.28 Å². The zero-order chi connectivity index (χ0) is 16.5. The van der Waals surface area contributed by atoms with Crippen LogP contribution in [0, 0.1) is 11.8 Å². The maximum absolute atomic E-state index is 5.89. The van der Waals surface area contributed by atoms with Crippen LogP contribution in [-0.2, 0) is 9.47 Å². The van der Waals surface area contributed by atoms with Crippen molar-refractivity contribution in [2.75, 3.05) is 18.5 Å². The molecule has 120 valence electrons. The zero-order valence-corrected chi connectivity index (χ0v) is 13.8. The van der Waals surface area contributed by atoms with E-state index in [0.29, 0.717) is 24.6 Å². The summed E-state index contributed by atoms with van der Waals surface area (Å²) in [7, 11) is 0. The highest BCUT2D eigenvalue weighted by Gasteiger charge is 2.07. The van der Waals surface area contributed by atoms with Crippen LogP contribution in [0.3, 0.4) is 0 Å². The van der Waals surface area contributed by atoms with Crippen molar-refractivity contribution in [3.05, 3.63) is 47.4 Å². The highest BCUT2D eigenvalue weighted by molar-refractivity contribution is 6.28. The first-order valence-corrected chi connectivity index (χ1v) is 7.70. The summed E-state index contributed by atoms with van der Waals surface area (Å²) in [4.78, 5) is 8.18. The van der Waals surface area contributed by atoms with Gasteiger partial charge in [-0.3, -0.25) is 0 Å². The van der Waals surface area contributed by atoms with Crippen LogP contribution in [0.25, 0.3) is 0 Å². The van der Waals surface area contributed by atoms with Crippen molar-refractivity contribution in [3.63, 3.8) is 0 Å². The largest absolute Gasteiger partial charge is 0.342 e. The predicted octanol–water partition coefficient (Wildman–Crippen LogP) is 3.62. The van der Waals surface area contributed by atoms with Crippen LogP contribution >= 0.6 is 11.6 Å². The van der Waals surface area contributed by atoms with Gasteiger partial charge in [0, 0.05) is 25.1 Å². The lowest BCUT2D eigenvalue weighted by molar-refractivity contribution is -0.0969. The summed E-state index contributed by atoms with van der Waals surface area (Å²) < 4.78 is 10.8. The second kappa shape index (κ2) is 9.11. The Morgan fingerprint density at radius 2 is 1.87 bits per heavy atom. The fourth-order valence-corrected chi connectivity index (χ4v) is 1.91. The molecule has 0 spiro atoms. The Bertz CT molecular complexity index is 677. The molecule has 1 aromatic carbocycles. The van der Waals surface area contributed by atoms with Crippen molar-refractivity contribution in [2.45, 2.75) is 20.1 Å². The second-order valence-electron chi connectivity index (χ2n) is 4.40. The molecule has 0 aliphatic heterocycles. The van der Waals surface area contributed by atoms with Crippen molar-refractivity contribution in [1.29, 1.82) is 0 Å². The number of para-hydroxylation sites is 1. The third-order valence-electron chi connectivity index (χ3n) is 2.76. The number of nitrogens with zero attached hydrogens (tertiary/aromatic N) is 2. The van der Waals surface area contributed by atoms with Gasteiger partial charge in [-0.15, -0.1) is 0 Å². The Morgan fingerprint density at radius 3 is 2.52 bits per heavy atom.